The van der Waals surface area contributed by atoms with E-state index in [1.165, 1.54) is 11.3 Å². The van der Waals surface area contributed by atoms with Gasteiger partial charge in [0.2, 0.25) is 0 Å². The van der Waals surface area contributed by atoms with E-state index in [9.17, 15) is 5.11 Å². The number of aliphatic hydroxyl groups excluding tert-OH is 1. The highest BCUT2D eigenvalue weighted by Gasteiger charge is 2.14. The van der Waals surface area contributed by atoms with Crippen LogP contribution in [0.15, 0.2) is 6.07 Å². The number of rotatable bonds is 6. The summed E-state index contributed by atoms with van der Waals surface area (Å²) in [6.07, 6.45) is 0.489. The van der Waals surface area contributed by atoms with Crippen molar-refractivity contribution in [3.8, 4) is 0 Å². The monoisotopic (exact) mass is 295 g/mol. The van der Waals surface area contributed by atoms with Crippen LogP contribution in [0, 0.1) is 5.92 Å². The molecule has 5 heteroatoms. The molecular formula is C12H19Cl2NOS. The molecule has 0 spiro atoms. The van der Waals surface area contributed by atoms with Gasteiger partial charge in [0.15, 0.2) is 0 Å². The smallest absolute Gasteiger partial charge is 0.0991 e. The standard InChI is InChI=1S/C12H19Cl2NOS/c1-7(2)4-9(16)6-15-8(3)10-5-11(13)17-12(10)14/h5,7-9,15-16H,4,6H2,1-3H3. The van der Waals surface area contributed by atoms with Gasteiger partial charge in [-0.2, -0.15) is 0 Å². The van der Waals surface area contributed by atoms with Gasteiger partial charge >= 0.3 is 0 Å². The third-order valence-electron chi connectivity index (χ3n) is 2.55. The van der Waals surface area contributed by atoms with Gasteiger partial charge in [-0.1, -0.05) is 37.0 Å². The summed E-state index contributed by atoms with van der Waals surface area (Å²) >= 11 is 13.3. The highest BCUT2D eigenvalue weighted by Crippen LogP contribution is 2.34. The normalized spacial score (nSPS) is 15.2. The van der Waals surface area contributed by atoms with Crippen molar-refractivity contribution in [2.75, 3.05) is 6.54 Å². The summed E-state index contributed by atoms with van der Waals surface area (Å²) in [4.78, 5) is 0. The lowest BCUT2D eigenvalue weighted by molar-refractivity contribution is 0.143. The molecule has 0 amide bonds. The summed E-state index contributed by atoms with van der Waals surface area (Å²) in [5, 5.41) is 13.0. The summed E-state index contributed by atoms with van der Waals surface area (Å²) in [6, 6.07) is 1.98. The van der Waals surface area contributed by atoms with Crippen molar-refractivity contribution in [3.63, 3.8) is 0 Å². The number of nitrogens with one attached hydrogen (secondary N) is 1. The van der Waals surface area contributed by atoms with Gasteiger partial charge in [-0.15, -0.1) is 11.3 Å². The third-order valence-corrected chi connectivity index (χ3v) is 4.07. The number of thiophene rings is 1. The minimum absolute atomic E-state index is 0.105. The van der Waals surface area contributed by atoms with Crippen LogP contribution in [-0.4, -0.2) is 17.8 Å². The van der Waals surface area contributed by atoms with Gasteiger partial charge in [-0.25, -0.2) is 0 Å². The van der Waals surface area contributed by atoms with Crippen molar-refractivity contribution in [3.05, 3.63) is 20.3 Å². The fourth-order valence-corrected chi connectivity index (χ4v) is 3.34. The van der Waals surface area contributed by atoms with Gasteiger partial charge in [-0.05, 0) is 30.9 Å². The molecule has 2 nitrogen and oxygen atoms in total. The largest absolute Gasteiger partial charge is 0.392 e. The van der Waals surface area contributed by atoms with Crippen LogP contribution >= 0.6 is 34.5 Å². The molecule has 1 aromatic rings. The van der Waals surface area contributed by atoms with E-state index in [4.69, 9.17) is 23.2 Å². The first kappa shape index (κ1) is 15.3. The second-order valence-corrected chi connectivity index (χ2v) is 6.98. The van der Waals surface area contributed by atoms with E-state index in [1.807, 2.05) is 13.0 Å². The van der Waals surface area contributed by atoms with E-state index < -0.39 is 0 Å². The molecule has 1 aromatic heterocycles. The summed E-state index contributed by atoms with van der Waals surface area (Å²) in [7, 11) is 0. The summed E-state index contributed by atoms with van der Waals surface area (Å²) in [5.41, 5.74) is 0.999. The molecule has 0 aromatic carbocycles. The molecule has 1 rings (SSSR count). The molecule has 0 aliphatic rings. The van der Waals surface area contributed by atoms with Gasteiger partial charge in [0.05, 0.1) is 14.8 Å². The Morgan fingerprint density at radius 3 is 2.47 bits per heavy atom. The van der Waals surface area contributed by atoms with Crippen molar-refractivity contribution in [1.29, 1.82) is 0 Å². The zero-order valence-corrected chi connectivity index (χ0v) is 12.7. The first-order chi connectivity index (χ1) is 7.90. The molecule has 0 saturated carbocycles. The minimum Gasteiger partial charge on any atom is -0.392 e. The fraction of sp³-hybridized carbons (Fsp3) is 0.667. The summed E-state index contributed by atoms with van der Waals surface area (Å²) in [6.45, 7) is 6.79. The topological polar surface area (TPSA) is 32.3 Å². The highest BCUT2D eigenvalue weighted by atomic mass is 35.5. The van der Waals surface area contributed by atoms with Crippen molar-refractivity contribution >= 4 is 34.5 Å². The summed E-state index contributed by atoms with van der Waals surface area (Å²) < 4.78 is 1.41. The molecular weight excluding hydrogens is 277 g/mol. The molecule has 2 N–H and O–H groups in total. The van der Waals surface area contributed by atoms with E-state index in [2.05, 4.69) is 19.2 Å². The molecule has 0 bridgehead atoms. The van der Waals surface area contributed by atoms with Crippen molar-refractivity contribution in [2.45, 2.75) is 39.3 Å². The van der Waals surface area contributed by atoms with Crippen LogP contribution in [0.3, 0.4) is 0 Å². The Kier molecular flexibility index (Phi) is 6.24. The van der Waals surface area contributed by atoms with Gasteiger partial charge < -0.3 is 10.4 Å². The Balaban J connectivity index is 2.44. The van der Waals surface area contributed by atoms with Crippen molar-refractivity contribution in [1.82, 2.24) is 5.32 Å². The zero-order valence-electron chi connectivity index (χ0n) is 10.3. The van der Waals surface area contributed by atoms with Crippen LogP contribution in [-0.2, 0) is 0 Å². The van der Waals surface area contributed by atoms with Crippen molar-refractivity contribution in [2.24, 2.45) is 5.92 Å². The Bertz CT molecular complexity index is 354. The number of hydrogen-bond acceptors (Lipinski definition) is 3. The van der Waals surface area contributed by atoms with Gasteiger partial charge in [0, 0.05) is 12.6 Å². The van der Waals surface area contributed by atoms with E-state index in [-0.39, 0.29) is 12.1 Å². The molecule has 0 fully saturated rings. The van der Waals surface area contributed by atoms with Crippen LogP contribution in [0.2, 0.25) is 8.67 Å². The van der Waals surface area contributed by atoms with E-state index in [0.29, 0.717) is 21.1 Å². The molecule has 0 aliphatic carbocycles. The zero-order chi connectivity index (χ0) is 13.0. The van der Waals surface area contributed by atoms with Crippen LogP contribution in [0.5, 0.6) is 0 Å². The highest BCUT2D eigenvalue weighted by molar-refractivity contribution is 7.20. The SMILES string of the molecule is CC(C)CC(O)CNC(C)c1cc(Cl)sc1Cl. The van der Waals surface area contributed by atoms with E-state index in [0.717, 1.165) is 12.0 Å². The second kappa shape index (κ2) is 6.95. The third kappa shape index (κ3) is 5.14. The maximum Gasteiger partial charge on any atom is 0.0991 e. The number of hydrogen-bond donors (Lipinski definition) is 2. The van der Waals surface area contributed by atoms with E-state index in [1.54, 1.807) is 0 Å². The Labute approximate surface area is 117 Å². The molecule has 2 atom stereocenters. The lowest BCUT2D eigenvalue weighted by Gasteiger charge is -2.18. The van der Waals surface area contributed by atoms with Crippen LogP contribution in [0.4, 0.5) is 0 Å². The minimum atomic E-state index is -0.315. The Hall–Kier alpha value is 0.200. The lowest BCUT2D eigenvalue weighted by atomic mass is 10.1. The van der Waals surface area contributed by atoms with Crippen molar-refractivity contribution < 1.29 is 5.11 Å². The predicted octanol–water partition coefficient (Wildman–Crippen LogP) is 4.11. The number of aliphatic hydroxyl groups is 1. The molecule has 1 heterocycles. The fourth-order valence-electron chi connectivity index (χ4n) is 1.70. The maximum absolute atomic E-state index is 9.77. The quantitative estimate of drug-likeness (QED) is 0.828. The summed E-state index contributed by atoms with van der Waals surface area (Å²) in [5.74, 6) is 0.501. The van der Waals surface area contributed by atoms with Gasteiger partial charge in [-0.3, -0.25) is 0 Å². The lowest BCUT2D eigenvalue weighted by Crippen LogP contribution is -2.29. The van der Waals surface area contributed by atoms with Gasteiger partial charge in [0.25, 0.3) is 0 Å². The Morgan fingerprint density at radius 2 is 2.00 bits per heavy atom. The molecule has 17 heavy (non-hydrogen) atoms. The maximum atomic E-state index is 9.77. The Morgan fingerprint density at radius 1 is 1.35 bits per heavy atom. The average Bonchev–Trinajstić information content (AvgIpc) is 2.53. The molecule has 0 saturated heterocycles. The van der Waals surface area contributed by atoms with Crippen LogP contribution < -0.4 is 5.32 Å². The first-order valence-electron chi connectivity index (χ1n) is 5.76. The molecule has 0 aliphatic heterocycles. The second-order valence-electron chi connectivity index (χ2n) is 4.69. The number of halogens is 2. The first-order valence-corrected chi connectivity index (χ1v) is 7.33. The van der Waals surface area contributed by atoms with E-state index >= 15 is 0 Å². The predicted molar refractivity (Wildman–Crippen MR) is 76.2 cm³/mol. The van der Waals surface area contributed by atoms with Crippen LogP contribution in [0.1, 0.15) is 38.8 Å². The van der Waals surface area contributed by atoms with Crippen LogP contribution in [0.25, 0.3) is 0 Å². The molecule has 98 valence electrons. The molecule has 2 unspecified atom stereocenters. The van der Waals surface area contributed by atoms with Gasteiger partial charge in [0.1, 0.15) is 0 Å². The average molecular weight is 296 g/mol. The molecule has 0 radical (unpaired) electrons.